The SMILES string of the molecule is Cc1c(C2CC(C(=O)O)CN2)cc(Cl)c2c1CCCO2. The van der Waals surface area contributed by atoms with Crippen molar-refractivity contribution >= 4 is 17.6 Å². The second-order valence-electron chi connectivity index (χ2n) is 5.56. The fourth-order valence-corrected chi connectivity index (χ4v) is 3.49. The van der Waals surface area contributed by atoms with E-state index in [1.807, 2.05) is 6.07 Å². The molecule has 0 aliphatic carbocycles. The van der Waals surface area contributed by atoms with Crippen LogP contribution >= 0.6 is 11.6 Å². The zero-order valence-corrected chi connectivity index (χ0v) is 12.2. The Morgan fingerprint density at radius 1 is 1.55 bits per heavy atom. The summed E-state index contributed by atoms with van der Waals surface area (Å²) < 4.78 is 5.67. The van der Waals surface area contributed by atoms with E-state index in [9.17, 15) is 4.79 Å². The number of nitrogens with one attached hydrogen (secondary N) is 1. The van der Waals surface area contributed by atoms with Crippen molar-refractivity contribution in [3.05, 3.63) is 27.8 Å². The molecule has 2 heterocycles. The Morgan fingerprint density at radius 3 is 3.05 bits per heavy atom. The van der Waals surface area contributed by atoms with Gasteiger partial charge in [-0.25, -0.2) is 0 Å². The lowest BCUT2D eigenvalue weighted by atomic mass is 9.91. The van der Waals surface area contributed by atoms with Gasteiger partial charge >= 0.3 is 5.97 Å². The van der Waals surface area contributed by atoms with Gasteiger partial charge in [0.1, 0.15) is 5.75 Å². The number of rotatable bonds is 2. The third-order valence-electron chi connectivity index (χ3n) is 4.33. The molecular formula is C15H18ClNO3. The van der Waals surface area contributed by atoms with Crippen LogP contribution in [0.1, 0.15) is 35.6 Å². The smallest absolute Gasteiger partial charge is 0.307 e. The van der Waals surface area contributed by atoms with Crippen LogP contribution in [0.2, 0.25) is 5.02 Å². The maximum atomic E-state index is 11.1. The second kappa shape index (κ2) is 5.26. The number of aliphatic carboxylic acids is 1. The standard InChI is InChI=1S/C15H18ClNO3/c1-8-10-3-2-4-20-14(10)12(16)6-11(8)13-5-9(7-17-13)15(18)19/h6,9,13,17H,2-5,7H2,1H3,(H,18,19). The van der Waals surface area contributed by atoms with Crippen molar-refractivity contribution in [1.29, 1.82) is 0 Å². The monoisotopic (exact) mass is 295 g/mol. The zero-order valence-electron chi connectivity index (χ0n) is 11.4. The van der Waals surface area contributed by atoms with Gasteiger partial charge in [0.2, 0.25) is 0 Å². The third kappa shape index (κ3) is 2.27. The van der Waals surface area contributed by atoms with Gasteiger partial charge in [0, 0.05) is 12.6 Å². The largest absolute Gasteiger partial charge is 0.492 e. The number of hydrogen-bond donors (Lipinski definition) is 2. The highest BCUT2D eigenvalue weighted by Gasteiger charge is 2.32. The Balaban J connectivity index is 1.95. The summed E-state index contributed by atoms with van der Waals surface area (Å²) in [5.74, 6) is -0.234. The van der Waals surface area contributed by atoms with Crippen LogP contribution in [-0.4, -0.2) is 24.2 Å². The lowest BCUT2D eigenvalue weighted by molar-refractivity contribution is -0.141. The predicted molar refractivity (Wildman–Crippen MR) is 76.5 cm³/mol. The van der Waals surface area contributed by atoms with Crippen LogP contribution in [-0.2, 0) is 11.2 Å². The molecule has 108 valence electrons. The molecule has 1 fully saturated rings. The first-order valence-corrected chi connectivity index (χ1v) is 7.36. The summed E-state index contributed by atoms with van der Waals surface area (Å²) in [6, 6.07) is 2.00. The molecule has 2 N–H and O–H groups in total. The van der Waals surface area contributed by atoms with E-state index in [0.717, 1.165) is 24.2 Å². The topological polar surface area (TPSA) is 58.6 Å². The van der Waals surface area contributed by atoms with Gasteiger partial charge in [0.05, 0.1) is 17.5 Å². The highest BCUT2D eigenvalue weighted by Crippen LogP contribution is 2.40. The summed E-state index contributed by atoms with van der Waals surface area (Å²) in [6.45, 7) is 3.31. The molecule has 0 spiro atoms. The lowest BCUT2D eigenvalue weighted by Crippen LogP contribution is -2.18. The molecule has 0 aromatic heterocycles. The molecule has 1 saturated heterocycles. The molecule has 4 nitrogen and oxygen atoms in total. The Morgan fingerprint density at radius 2 is 2.35 bits per heavy atom. The summed E-state index contributed by atoms with van der Waals surface area (Å²) >= 11 is 6.33. The van der Waals surface area contributed by atoms with Crippen LogP contribution in [0.4, 0.5) is 0 Å². The molecule has 3 rings (SSSR count). The number of carbonyl (C=O) groups is 1. The molecule has 0 bridgehead atoms. The second-order valence-corrected chi connectivity index (χ2v) is 5.97. The van der Waals surface area contributed by atoms with Crippen molar-refractivity contribution in [1.82, 2.24) is 5.32 Å². The van der Waals surface area contributed by atoms with Crippen LogP contribution in [0.25, 0.3) is 0 Å². The highest BCUT2D eigenvalue weighted by atomic mass is 35.5. The summed E-state index contributed by atoms with van der Waals surface area (Å²) in [6.07, 6.45) is 2.60. The van der Waals surface area contributed by atoms with E-state index in [-0.39, 0.29) is 12.0 Å². The zero-order chi connectivity index (χ0) is 14.3. The summed E-state index contributed by atoms with van der Waals surface area (Å²) in [5.41, 5.74) is 3.48. The molecule has 0 saturated carbocycles. The van der Waals surface area contributed by atoms with E-state index in [2.05, 4.69) is 12.2 Å². The van der Waals surface area contributed by atoms with Crippen LogP contribution in [0.15, 0.2) is 6.07 Å². The van der Waals surface area contributed by atoms with Crippen molar-refractivity contribution < 1.29 is 14.6 Å². The molecule has 5 heteroatoms. The van der Waals surface area contributed by atoms with Gasteiger partial charge in [-0.2, -0.15) is 0 Å². The van der Waals surface area contributed by atoms with Crippen molar-refractivity contribution in [2.75, 3.05) is 13.2 Å². The molecule has 1 aromatic rings. The fraction of sp³-hybridized carbons (Fsp3) is 0.533. The number of benzene rings is 1. The average molecular weight is 296 g/mol. The van der Waals surface area contributed by atoms with Gasteiger partial charge < -0.3 is 15.2 Å². The molecule has 20 heavy (non-hydrogen) atoms. The lowest BCUT2D eigenvalue weighted by Gasteiger charge is -2.24. The first-order chi connectivity index (χ1) is 9.58. The normalized spacial score (nSPS) is 25.1. The minimum absolute atomic E-state index is 0.0702. The average Bonchev–Trinajstić information content (AvgIpc) is 2.93. The Hall–Kier alpha value is -1.26. The van der Waals surface area contributed by atoms with Crippen molar-refractivity contribution in [2.24, 2.45) is 5.92 Å². The van der Waals surface area contributed by atoms with Gasteiger partial charge in [-0.3, -0.25) is 4.79 Å². The highest BCUT2D eigenvalue weighted by molar-refractivity contribution is 6.32. The molecule has 1 aromatic carbocycles. The number of fused-ring (bicyclic) bond motifs is 1. The van der Waals surface area contributed by atoms with Gasteiger partial charge in [-0.05, 0) is 48.9 Å². The van der Waals surface area contributed by atoms with Gasteiger partial charge in [0.15, 0.2) is 0 Å². The van der Waals surface area contributed by atoms with E-state index in [1.54, 1.807) is 0 Å². The van der Waals surface area contributed by atoms with Crippen LogP contribution < -0.4 is 10.1 Å². The first-order valence-electron chi connectivity index (χ1n) is 6.98. The molecule has 2 unspecified atom stereocenters. The number of halogens is 1. The van der Waals surface area contributed by atoms with Crippen molar-refractivity contribution in [3.63, 3.8) is 0 Å². The molecule has 0 radical (unpaired) electrons. The quantitative estimate of drug-likeness (QED) is 0.881. The molecule has 2 atom stereocenters. The van der Waals surface area contributed by atoms with E-state index in [0.29, 0.717) is 24.6 Å². The number of carboxylic acid groups (broad SMARTS) is 1. The first kappa shape index (κ1) is 13.7. The maximum absolute atomic E-state index is 11.1. The molecule has 2 aliphatic rings. The van der Waals surface area contributed by atoms with Crippen LogP contribution in [0.5, 0.6) is 5.75 Å². The van der Waals surface area contributed by atoms with Crippen molar-refractivity contribution in [3.8, 4) is 5.75 Å². The van der Waals surface area contributed by atoms with Gasteiger partial charge in [0.25, 0.3) is 0 Å². The van der Waals surface area contributed by atoms with E-state index in [1.165, 1.54) is 11.1 Å². The maximum Gasteiger partial charge on any atom is 0.307 e. The summed E-state index contributed by atoms with van der Waals surface area (Å²) in [7, 11) is 0. The Kier molecular flexibility index (Phi) is 3.61. The van der Waals surface area contributed by atoms with Gasteiger partial charge in [-0.1, -0.05) is 11.6 Å². The van der Waals surface area contributed by atoms with E-state index >= 15 is 0 Å². The number of ether oxygens (including phenoxy) is 1. The molecule has 2 aliphatic heterocycles. The van der Waals surface area contributed by atoms with Gasteiger partial charge in [-0.15, -0.1) is 0 Å². The Labute approximate surface area is 123 Å². The Bertz CT molecular complexity index is 559. The van der Waals surface area contributed by atoms with Crippen molar-refractivity contribution in [2.45, 2.75) is 32.2 Å². The van der Waals surface area contributed by atoms with E-state index < -0.39 is 5.97 Å². The minimum atomic E-state index is -0.731. The van der Waals surface area contributed by atoms with E-state index in [4.69, 9.17) is 21.4 Å². The van der Waals surface area contributed by atoms with Crippen LogP contribution in [0.3, 0.4) is 0 Å². The third-order valence-corrected chi connectivity index (χ3v) is 4.61. The predicted octanol–water partition coefficient (Wildman–Crippen LogP) is 2.71. The fourth-order valence-electron chi connectivity index (χ4n) is 3.20. The molecule has 0 amide bonds. The van der Waals surface area contributed by atoms with Crippen LogP contribution in [0, 0.1) is 12.8 Å². The molecular weight excluding hydrogens is 278 g/mol. The summed E-state index contributed by atoms with van der Waals surface area (Å²) in [5, 5.41) is 13.0. The minimum Gasteiger partial charge on any atom is -0.492 e. The number of carboxylic acids is 1. The number of hydrogen-bond acceptors (Lipinski definition) is 3. The summed E-state index contributed by atoms with van der Waals surface area (Å²) in [4.78, 5) is 11.1.